The summed E-state index contributed by atoms with van der Waals surface area (Å²) in [4.78, 5) is 9.65. The Morgan fingerprint density at radius 2 is 2.00 bits per heavy atom. The Bertz CT molecular complexity index is 133. The highest BCUT2D eigenvalue weighted by atomic mass is 19.4. The molecule has 1 atom stereocenters. The lowest BCUT2D eigenvalue weighted by molar-refractivity contribution is -0.149. The van der Waals surface area contributed by atoms with E-state index in [1.54, 1.807) is 0 Å². The molecule has 60 valence electrons. The predicted octanol–water partition coefficient (Wildman–Crippen LogP) is 1.20. The molecular formula is C4H6F3NO2. The fourth-order valence-corrected chi connectivity index (χ4v) is 0.267. The zero-order valence-corrected chi connectivity index (χ0v) is 5.07. The van der Waals surface area contributed by atoms with E-state index >= 15 is 0 Å². The first kappa shape index (κ1) is 9.06. The summed E-state index contributed by atoms with van der Waals surface area (Å²) in [5.74, 6) is 0. The third-order valence-electron chi connectivity index (χ3n) is 0.831. The van der Waals surface area contributed by atoms with E-state index in [2.05, 4.69) is 0 Å². The number of rotatable bonds is 1. The molecule has 0 aromatic carbocycles. The van der Waals surface area contributed by atoms with E-state index in [9.17, 15) is 18.0 Å². The number of hydrogen-bond acceptors (Lipinski definition) is 1. The van der Waals surface area contributed by atoms with Gasteiger partial charge in [0.05, 0.1) is 0 Å². The number of alkyl halides is 3. The Labute approximate surface area is 54.8 Å². The van der Waals surface area contributed by atoms with E-state index in [4.69, 9.17) is 5.11 Å². The molecule has 0 aliphatic carbocycles. The van der Waals surface area contributed by atoms with Crippen molar-refractivity contribution >= 4 is 6.09 Å². The largest absolute Gasteiger partial charge is 0.465 e. The van der Waals surface area contributed by atoms with Crippen molar-refractivity contribution in [3.05, 3.63) is 0 Å². The maximum atomic E-state index is 11.5. The first-order chi connectivity index (χ1) is 4.34. The monoisotopic (exact) mass is 157 g/mol. The molecule has 3 nitrogen and oxygen atoms in total. The van der Waals surface area contributed by atoms with Gasteiger partial charge in [-0.25, -0.2) is 4.79 Å². The summed E-state index contributed by atoms with van der Waals surface area (Å²) >= 11 is 0. The molecule has 0 unspecified atom stereocenters. The van der Waals surface area contributed by atoms with Crippen molar-refractivity contribution in [1.29, 1.82) is 0 Å². The summed E-state index contributed by atoms with van der Waals surface area (Å²) in [5.41, 5.74) is 0. The SMILES string of the molecule is C[C@@H](NC(=O)O)C(F)(F)F. The first-order valence-corrected chi connectivity index (χ1v) is 2.40. The highest BCUT2D eigenvalue weighted by molar-refractivity contribution is 5.64. The van der Waals surface area contributed by atoms with Crippen molar-refractivity contribution in [3.8, 4) is 0 Å². The van der Waals surface area contributed by atoms with Gasteiger partial charge in [-0.3, -0.25) is 0 Å². The molecule has 0 bridgehead atoms. The van der Waals surface area contributed by atoms with Crippen molar-refractivity contribution in [2.75, 3.05) is 0 Å². The van der Waals surface area contributed by atoms with E-state index in [0.717, 1.165) is 6.92 Å². The fourth-order valence-electron chi connectivity index (χ4n) is 0.267. The van der Waals surface area contributed by atoms with E-state index in [1.807, 2.05) is 0 Å². The maximum absolute atomic E-state index is 11.5. The predicted molar refractivity (Wildman–Crippen MR) is 26.7 cm³/mol. The molecule has 0 fully saturated rings. The first-order valence-electron chi connectivity index (χ1n) is 2.40. The molecule has 10 heavy (non-hydrogen) atoms. The minimum Gasteiger partial charge on any atom is -0.465 e. The smallest absolute Gasteiger partial charge is 0.408 e. The van der Waals surface area contributed by atoms with Crippen LogP contribution in [0, 0.1) is 0 Å². The molecule has 0 saturated carbocycles. The Morgan fingerprint density at radius 3 is 2.10 bits per heavy atom. The molecule has 0 heterocycles. The van der Waals surface area contributed by atoms with Crippen LogP contribution in [0.2, 0.25) is 0 Å². The van der Waals surface area contributed by atoms with Crippen LogP contribution < -0.4 is 5.32 Å². The van der Waals surface area contributed by atoms with Crippen molar-refractivity contribution in [1.82, 2.24) is 5.32 Å². The minimum absolute atomic E-state index is 0.730. The van der Waals surface area contributed by atoms with E-state index in [1.165, 1.54) is 5.32 Å². The van der Waals surface area contributed by atoms with Crippen molar-refractivity contribution in [3.63, 3.8) is 0 Å². The Hall–Kier alpha value is -0.940. The molecule has 1 amide bonds. The van der Waals surface area contributed by atoms with Gasteiger partial charge in [0.1, 0.15) is 6.04 Å². The van der Waals surface area contributed by atoms with Crippen LogP contribution in [0.25, 0.3) is 0 Å². The second kappa shape index (κ2) is 2.76. The summed E-state index contributed by atoms with van der Waals surface area (Å²) in [5, 5.41) is 9.11. The standard InChI is InChI=1S/C4H6F3NO2/c1-2(4(5,6)7)8-3(9)10/h2,8H,1H3,(H,9,10)/t2-/m1/s1. The molecule has 0 aromatic rings. The average molecular weight is 157 g/mol. The fraction of sp³-hybridized carbons (Fsp3) is 0.750. The molecule has 2 N–H and O–H groups in total. The number of halogens is 3. The molecule has 0 aromatic heterocycles. The second-order valence-electron chi connectivity index (χ2n) is 1.71. The third-order valence-corrected chi connectivity index (χ3v) is 0.831. The van der Waals surface area contributed by atoms with Crippen LogP contribution in [-0.4, -0.2) is 23.4 Å². The summed E-state index contributed by atoms with van der Waals surface area (Å²) < 4.78 is 34.5. The van der Waals surface area contributed by atoms with E-state index < -0.39 is 18.3 Å². The van der Waals surface area contributed by atoms with Gasteiger partial charge in [0.25, 0.3) is 0 Å². The van der Waals surface area contributed by atoms with Gasteiger partial charge in [-0.1, -0.05) is 0 Å². The quantitative estimate of drug-likeness (QED) is 0.600. The number of carboxylic acid groups (broad SMARTS) is 1. The number of amides is 1. The van der Waals surface area contributed by atoms with Crippen LogP contribution >= 0.6 is 0 Å². The van der Waals surface area contributed by atoms with Gasteiger partial charge in [-0.05, 0) is 6.92 Å². The van der Waals surface area contributed by atoms with E-state index in [-0.39, 0.29) is 0 Å². The zero-order valence-electron chi connectivity index (χ0n) is 5.07. The van der Waals surface area contributed by atoms with Crippen LogP contribution in [0.1, 0.15) is 6.92 Å². The van der Waals surface area contributed by atoms with Gasteiger partial charge in [-0.15, -0.1) is 0 Å². The summed E-state index contributed by atoms with van der Waals surface area (Å²) in [6.45, 7) is 0.730. The Morgan fingerprint density at radius 1 is 1.60 bits per heavy atom. The van der Waals surface area contributed by atoms with Crippen molar-refractivity contribution in [2.45, 2.75) is 19.1 Å². The topological polar surface area (TPSA) is 49.3 Å². The maximum Gasteiger partial charge on any atom is 0.408 e. The molecule has 0 aliphatic rings. The molecule has 0 saturated heterocycles. The van der Waals surface area contributed by atoms with Gasteiger partial charge in [-0.2, -0.15) is 13.2 Å². The van der Waals surface area contributed by atoms with Gasteiger partial charge < -0.3 is 10.4 Å². The van der Waals surface area contributed by atoms with Crippen molar-refractivity contribution < 1.29 is 23.1 Å². The molecule has 0 radical (unpaired) electrons. The molecule has 0 rings (SSSR count). The highest BCUT2D eigenvalue weighted by Gasteiger charge is 2.36. The van der Waals surface area contributed by atoms with Crippen LogP contribution in [0.5, 0.6) is 0 Å². The lowest BCUT2D eigenvalue weighted by Crippen LogP contribution is -2.42. The minimum atomic E-state index is -4.50. The third kappa shape index (κ3) is 3.16. The lowest BCUT2D eigenvalue weighted by atomic mass is 10.3. The van der Waals surface area contributed by atoms with Gasteiger partial charge in [0.15, 0.2) is 0 Å². The summed E-state index contributed by atoms with van der Waals surface area (Å²) in [6.07, 6.45) is -6.18. The van der Waals surface area contributed by atoms with Gasteiger partial charge >= 0.3 is 12.3 Å². The Kier molecular flexibility index (Phi) is 2.50. The molecule has 0 aliphatic heterocycles. The van der Waals surface area contributed by atoms with Crippen LogP contribution in [0.3, 0.4) is 0 Å². The van der Waals surface area contributed by atoms with Crippen LogP contribution in [-0.2, 0) is 0 Å². The Balaban J connectivity index is 3.85. The zero-order chi connectivity index (χ0) is 8.36. The number of carbonyl (C=O) groups is 1. The molecular weight excluding hydrogens is 151 g/mol. The van der Waals surface area contributed by atoms with Gasteiger partial charge in [0.2, 0.25) is 0 Å². The van der Waals surface area contributed by atoms with Gasteiger partial charge in [0, 0.05) is 0 Å². The summed E-state index contributed by atoms with van der Waals surface area (Å²) in [7, 11) is 0. The van der Waals surface area contributed by atoms with Crippen molar-refractivity contribution in [2.24, 2.45) is 0 Å². The van der Waals surface area contributed by atoms with E-state index in [0.29, 0.717) is 0 Å². The normalized spacial score (nSPS) is 14.4. The average Bonchev–Trinajstić information content (AvgIpc) is 1.60. The van der Waals surface area contributed by atoms with Crippen LogP contribution in [0.4, 0.5) is 18.0 Å². The summed E-state index contributed by atoms with van der Waals surface area (Å²) in [6, 6.07) is -2.01. The van der Waals surface area contributed by atoms with Crippen LogP contribution in [0.15, 0.2) is 0 Å². The number of hydrogen-bond donors (Lipinski definition) is 2. The number of nitrogens with one attached hydrogen (secondary N) is 1. The highest BCUT2D eigenvalue weighted by Crippen LogP contribution is 2.19. The lowest BCUT2D eigenvalue weighted by Gasteiger charge is -2.14. The molecule has 0 spiro atoms. The second-order valence-corrected chi connectivity index (χ2v) is 1.71. The molecule has 6 heteroatoms.